The van der Waals surface area contributed by atoms with Crippen LogP contribution in [0.1, 0.15) is 50.7 Å². The number of aryl methyl sites for hydroxylation is 2. The lowest BCUT2D eigenvalue weighted by atomic mass is 9.78. The molecule has 1 aromatic carbocycles. The maximum Gasteiger partial charge on any atom is 0.119 e. The fourth-order valence-electron chi connectivity index (χ4n) is 2.62. The highest BCUT2D eigenvalue weighted by atomic mass is 35.5. The van der Waals surface area contributed by atoms with Crippen molar-refractivity contribution < 1.29 is 4.74 Å². The van der Waals surface area contributed by atoms with E-state index in [1.165, 1.54) is 0 Å². The van der Waals surface area contributed by atoms with E-state index < -0.39 is 0 Å². The number of hydrogen-bond donors (Lipinski definition) is 1. The summed E-state index contributed by atoms with van der Waals surface area (Å²) < 4.78 is 5.85. The molecule has 2 nitrogen and oxygen atoms in total. The Hall–Kier alpha value is -0.730. The molecule has 0 saturated carbocycles. The van der Waals surface area contributed by atoms with Crippen molar-refractivity contribution >= 4 is 11.6 Å². The summed E-state index contributed by atoms with van der Waals surface area (Å²) in [6, 6.07) is 4.01. The molecule has 0 aliphatic carbocycles. The summed E-state index contributed by atoms with van der Waals surface area (Å²) in [5, 5.41) is 0.830. The number of hydrogen-bond acceptors (Lipinski definition) is 2. The standard InChI is InChI=1S/C17H28ClNO/c1-5-17(6-2,12-19)8-7-9-20-15-10-13(3)16(18)14(4)11-15/h10-11H,5-9,12,19H2,1-4H3. The Morgan fingerprint density at radius 1 is 1.15 bits per heavy atom. The third kappa shape index (κ3) is 4.39. The summed E-state index contributed by atoms with van der Waals surface area (Å²) in [7, 11) is 0. The first-order valence-electron chi connectivity index (χ1n) is 7.57. The van der Waals surface area contributed by atoms with E-state index >= 15 is 0 Å². The first kappa shape index (κ1) is 17.3. The zero-order chi connectivity index (χ0) is 15.2. The van der Waals surface area contributed by atoms with Crippen molar-refractivity contribution in [2.24, 2.45) is 11.1 Å². The van der Waals surface area contributed by atoms with Gasteiger partial charge in [0.1, 0.15) is 5.75 Å². The molecule has 0 aliphatic heterocycles. The Bertz CT molecular complexity index is 396. The molecule has 1 rings (SSSR count). The van der Waals surface area contributed by atoms with E-state index in [9.17, 15) is 0 Å². The van der Waals surface area contributed by atoms with Crippen LogP contribution in [-0.2, 0) is 0 Å². The highest BCUT2D eigenvalue weighted by Crippen LogP contribution is 2.31. The first-order chi connectivity index (χ1) is 9.48. The van der Waals surface area contributed by atoms with Crippen molar-refractivity contribution in [3.63, 3.8) is 0 Å². The van der Waals surface area contributed by atoms with Gasteiger partial charge in [-0.3, -0.25) is 0 Å². The van der Waals surface area contributed by atoms with Gasteiger partial charge < -0.3 is 10.5 Å². The van der Waals surface area contributed by atoms with Crippen LogP contribution in [0.25, 0.3) is 0 Å². The highest BCUT2D eigenvalue weighted by Gasteiger charge is 2.23. The molecule has 0 saturated heterocycles. The van der Waals surface area contributed by atoms with Crippen LogP contribution in [0.2, 0.25) is 5.02 Å². The van der Waals surface area contributed by atoms with E-state index in [2.05, 4.69) is 13.8 Å². The van der Waals surface area contributed by atoms with Crippen molar-refractivity contribution in [3.8, 4) is 5.75 Å². The zero-order valence-electron chi connectivity index (χ0n) is 13.3. The third-order valence-corrected chi connectivity index (χ3v) is 5.06. The number of nitrogens with two attached hydrogens (primary N) is 1. The Balaban J connectivity index is 2.49. The van der Waals surface area contributed by atoms with E-state index in [0.717, 1.165) is 60.7 Å². The van der Waals surface area contributed by atoms with Crippen LogP contribution >= 0.6 is 11.6 Å². The van der Waals surface area contributed by atoms with Crippen LogP contribution in [0.3, 0.4) is 0 Å². The van der Waals surface area contributed by atoms with Crippen molar-refractivity contribution in [3.05, 3.63) is 28.3 Å². The van der Waals surface area contributed by atoms with Gasteiger partial charge in [0.25, 0.3) is 0 Å². The molecule has 0 fully saturated rings. The molecule has 0 spiro atoms. The summed E-state index contributed by atoms with van der Waals surface area (Å²) in [6.45, 7) is 9.97. The molecule has 0 amide bonds. The quantitative estimate of drug-likeness (QED) is 0.694. The molecule has 0 aliphatic rings. The molecule has 0 bridgehead atoms. The zero-order valence-corrected chi connectivity index (χ0v) is 14.0. The molecule has 2 N–H and O–H groups in total. The molecule has 20 heavy (non-hydrogen) atoms. The normalized spacial score (nSPS) is 11.7. The van der Waals surface area contributed by atoms with Gasteiger partial charge in [-0.1, -0.05) is 25.4 Å². The Morgan fingerprint density at radius 3 is 2.15 bits per heavy atom. The molecular formula is C17H28ClNO. The minimum atomic E-state index is 0.287. The van der Waals surface area contributed by atoms with Gasteiger partial charge in [-0.15, -0.1) is 0 Å². The second-order valence-corrected chi connectivity index (χ2v) is 6.11. The highest BCUT2D eigenvalue weighted by molar-refractivity contribution is 6.32. The average Bonchev–Trinajstić information content (AvgIpc) is 2.45. The SMILES string of the molecule is CCC(CC)(CN)CCCOc1cc(C)c(Cl)c(C)c1. The second-order valence-electron chi connectivity index (χ2n) is 5.73. The predicted molar refractivity (Wildman–Crippen MR) is 87.7 cm³/mol. The minimum absolute atomic E-state index is 0.287. The largest absolute Gasteiger partial charge is 0.494 e. The smallest absolute Gasteiger partial charge is 0.119 e. The molecule has 3 heteroatoms. The van der Waals surface area contributed by atoms with Crippen LogP contribution in [0, 0.1) is 19.3 Å². The fraction of sp³-hybridized carbons (Fsp3) is 0.647. The van der Waals surface area contributed by atoms with Crippen molar-refractivity contribution in [2.45, 2.75) is 53.4 Å². The molecular weight excluding hydrogens is 270 g/mol. The Labute approximate surface area is 128 Å². The predicted octanol–water partition coefficient (Wildman–Crippen LogP) is 4.88. The topological polar surface area (TPSA) is 35.2 Å². The molecule has 0 radical (unpaired) electrons. The van der Waals surface area contributed by atoms with Crippen LogP contribution < -0.4 is 10.5 Å². The van der Waals surface area contributed by atoms with Crippen LogP contribution in [0.5, 0.6) is 5.75 Å². The van der Waals surface area contributed by atoms with Gasteiger partial charge in [-0.25, -0.2) is 0 Å². The first-order valence-corrected chi connectivity index (χ1v) is 7.95. The number of halogens is 1. The van der Waals surface area contributed by atoms with E-state index in [0.29, 0.717) is 0 Å². The lowest BCUT2D eigenvalue weighted by molar-refractivity contribution is 0.213. The summed E-state index contributed by atoms with van der Waals surface area (Å²) in [5.41, 5.74) is 8.35. The number of rotatable bonds is 8. The van der Waals surface area contributed by atoms with Crippen LogP contribution in [0.4, 0.5) is 0 Å². The van der Waals surface area contributed by atoms with Gasteiger partial charge in [-0.05, 0) is 74.8 Å². The minimum Gasteiger partial charge on any atom is -0.494 e. The van der Waals surface area contributed by atoms with Gasteiger partial charge in [0, 0.05) is 5.02 Å². The fourth-order valence-corrected chi connectivity index (χ4v) is 2.73. The second kappa shape index (κ2) is 7.90. The summed E-state index contributed by atoms with van der Waals surface area (Å²) in [6.07, 6.45) is 4.44. The molecule has 0 aromatic heterocycles. The van der Waals surface area contributed by atoms with E-state index in [1.54, 1.807) is 0 Å². The summed E-state index contributed by atoms with van der Waals surface area (Å²) in [4.78, 5) is 0. The maximum atomic E-state index is 6.16. The summed E-state index contributed by atoms with van der Waals surface area (Å²) >= 11 is 6.16. The van der Waals surface area contributed by atoms with Crippen molar-refractivity contribution in [1.82, 2.24) is 0 Å². The molecule has 0 heterocycles. The monoisotopic (exact) mass is 297 g/mol. The van der Waals surface area contributed by atoms with Gasteiger partial charge >= 0.3 is 0 Å². The van der Waals surface area contributed by atoms with E-state index in [-0.39, 0.29) is 5.41 Å². The van der Waals surface area contributed by atoms with Gasteiger partial charge in [0.15, 0.2) is 0 Å². The van der Waals surface area contributed by atoms with Crippen LogP contribution in [0.15, 0.2) is 12.1 Å². The van der Waals surface area contributed by atoms with Crippen LogP contribution in [-0.4, -0.2) is 13.2 Å². The average molecular weight is 298 g/mol. The van der Waals surface area contributed by atoms with Gasteiger partial charge in [-0.2, -0.15) is 0 Å². The van der Waals surface area contributed by atoms with E-state index in [4.69, 9.17) is 22.1 Å². The molecule has 1 aromatic rings. The molecule has 0 atom stereocenters. The molecule has 114 valence electrons. The number of ether oxygens (including phenoxy) is 1. The molecule has 0 unspecified atom stereocenters. The Morgan fingerprint density at radius 2 is 1.70 bits per heavy atom. The van der Waals surface area contributed by atoms with E-state index in [1.807, 2.05) is 26.0 Å². The number of benzene rings is 1. The lowest BCUT2D eigenvalue weighted by Crippen LogP contribution is -2.29. The Kier molecular flexibility index (Phi) is 6.84. The van der Waals surface area contributed by atoms with Crippen molar-refractivity contribution in [1.29, 1.82) is 0 Å². The lowest BCUT2D eigenvalue weighted by Gasteiger charge is -2.30. The van der Waals surface area contributed by atoms with Gasteiger partial charge in [0.2, 0.25) is 0 Å². The third-order valence-electron chi connectivity index (χ3n) is 4.46. The maximum absolute atomic E-state index is 6.16. The summed E-state index contributed by atoms with van der Waals surface area (Å²) in [5.74, 6) is 0.913. The van der Waals surface area contributed by atoms with Gasteiger partial charge in [0.05, 0.1) is 6.61 Å². The van der Waals surface area contributed by atoms with Crippen molar-refractivity contribution in [2.75, 3.05) is 13.2 Å².